The molecule has 0 aliphatic carbocycles. The minimum atomic E-state index is 0.443. The number of hydrogen-bond acceptors (Lipinski definition) is 0. The third kappa shape index (κ3) is 13.4. The van der Waals surface area contributed by atoms with Crippen molar-refractivity contribution in [1.29, 1.82) is 0 Å². The van der Waals surface area contributed by atoms with E-state index in [-0.39, 0.29) is 0 Å². The van der Waals surface area contributed by atoms with Crippen LogP contribution in [0.2, 0.25) is 0 Å². The molecule has 0 atom stereocenters. The van der Waals surface area contributed by atoms with Gasteiger partial charge in [-0.2, -0.15) is 0 Å². The van der Waals surface area contributed by atoms with Gasteiger partial charge < -0.3 is 4.48 Å². The van der Waals surface area contributed by atoms with Crippen molar-refractivity contribution in [2.24, 2.45) is 0 Å². The number of rotatable bonds is 23. The van der Waals surface area contributed by atoms with Crippen molar-refractivity contribution in [3.8, 4) is 0 Å². The van der Waals surface area contributed by atoms with E-state index in [1.807, 2.05) is 0 Å². The molecule has 1 heteroatoms. The maximum absolute atomic E-state index is 2.57. The summed E-state index contributed by atoms with van der Waals surface area (Å²) in [6, 6.07) is 0. The van der Waals surface area contributed by atoms with E-state index in [9.17, 15) is 0 Å². The topological polar surface area (TPSA) is 0 Å². The van der Waals surface area contributed by atoms with E-state index in [1.165, 1.54) is 146 Å². The van der Waals surface area contributed by atoms with Crippen molar-refractivity contribution in [3.05, 3.63) is 0 Å². The van der Waals surface area contributed by atoms with E-state index in [2.05, 4.69) is 41.5 Å². The molecule has 0 N–H and O–H groups in total. The van der Waals surface area contributed by atoms with Gasteiger partial charge in [0, 0.05) is 6.42 Å². The normalized spacial score (nSPS) is 12.6. The van der Waals surface area contributed by atoms with E-state index in [0.29, 0.717) is 5.54 Å². The predicted molar refractivity (Wildman–Crippen MR) is 139 cm³/mol. The Labute approximate surface area is 193 Å². The summed E-state index contributed by atoms with van der Waals surface area (Å²) in [4.78, 5) is 0. The van der Waals surface area contributed by atoms with Crippen LogP contribution in [0.3, 0.4) is 0 Å². The van der Waals surface area contributed by atoms with Crippen LogP contribution >= 0.6 is 0 Å². The molecular formula is C29H62N+. The minimum Gasteiger partial charge on any atom is -0.319 e. The first kappa shape index (κ1) is 30.0. The zero-order chi connectivity index (χ0) is 22.6. The molecule has 182 valence electrons. The van der Waals surface area contributed by atoms with Crippen LogP contribution in [0.25, 0.3) is 0 Å². The van der Waals surface area contributed by atoms with Gasteiger partial charge in [0.2, 0.25) is 0 Å². The fourth-order valence-electron chi connectivity index (χ4n) is 5.69. The van der Waals surface area contributed by atoms with Crippen molar-refractivity contribution in [2.75, 3.05) is 19.6 Å². The lowest BCUT2D eigenvalue weighted by Gasteiger charge is -2.51. The highest BCUT2D eigenvalue weighted by Gasteiger charge is 2.41. The van der Waals surface area contributed by atoms with Crippen LogP contribution in [-0.4, -0.2) is 29.7 Å². The molecule has 0 heterocycles. The summed E-state index contributed by atoms with van der Waals surface area (Å²) in [5.74, 6) is 0. The summed E-state index contributed by atoms with van der Waals surface area (Å²) in [6.45, 7) is 18.7. The Hall–Kier alpha value is -0.0400. The van der Waals surface area contributed by atoms with Crippen LogP contribution in [0.5, 0.6) is 0 Å². The lowest BCUT2D eigenvalue weighted by atomic mass is 9.89. The second-order valence-corrected chi connectivity index (χ2v) is 10.8. The molecule has 0 aromatic carbocycles. The molecular weight excluding hydrogens is 362 g/mol. The maximum Gasteiger partial charge on any atom is 0.0935 e. The second-order valence-electron chi connectivity index (χ2n) is 10.8. The Morgan fingerprint density at radius 3 is 1.00 bits per heavy atom. The Bertz CT molecular complexity index is 329. The third-order valence-corrected chi connectivity index (χ3v) is 7.63. The first-order chi connectivity index (χ1) is 14.5. The number of nitrogens with zero attached hydrogens (tertiary/aromatic N) is 1. The summed E-state index contributed by atoms with van der Waals surface area (Å²) < 4.78 is 1.36. The molecule has 0 unspecified atom stereocenters. The number of hydrogen-bond donors (Lipinski definition) is 0. The SMILES string of the molecule is CCCCCCCCCCCCCCCCCC(C)(C)[N+](CCC)(CCC)CCC. The van der Waals surface area contributed by atoms with E-state index in [4.69, 9.17) is 0 Å². The molecule has 0 fully saturated rings. The highest BCUT2D eigenvalue weighted by molar-refractivity contribution is 4.72. The molecule has 0 aliphatic heterocycles. The lowest BCUT2D eigenvalue weighted by Crippen LogP contribution is -2.62. The average molecular weight is 425 g/mol. The van der Waals surface area contributed by atoms with E-state index < -0.39 is 0 Å². The molecule has 0 spiro atoms. The van der Waals surface area contributed by atoms with Gasteiger partial charge in [0.25, 0.3) is 0 Å². The molecule has 0 amide bonds. The van der Waals surface area contributed by atoms with Crippen LogP contribution in [0, 0.1) is 0 Å². The Balaban J connectivity index is 3.80. The molecule has 0 saturated heterocycles. The summed E-state index contributed by atoms with van der Waals surface area (Å²) in [7, 11) is 0. The van der Waals surface area contributed by atoms with Gasteiger partial charge >= 0.3 is 0 Å². The molecule has 30 heavy (non-hydrogen) atoms. The van der Waals surface area contributed by atoms with Gasteiger partial charge in [-0.15, -0.1) is 0 Å². The molecule has 0 saturated carbocycles. The van der Waals surface area contributed by atoms with Gasteiger partial charge in [0.05, 0.1) is 25.2 Å². The smallest absolute Gasteiger partial charge is 0.0935 e. The van der Waals surface area contributed by atoms with Crippen molar-refractivity contribution in [1.82, 2.24) is 0 Å². The molecule has 0 aliphatic rings. The Kier molecular flexibility index (Phi) is 19.6. The maximum atomic E-state index is 2.57. The standard InChI is InChI=1S/C29H62N/c1-7-11-12-13-14-15-16-17-18-19-20-21-22-23-24-25-29(5,6)30(26-8-2,27-9-3)28-10-4/h7-28H2,1-6H3/q+1. The zero-order valence-electron chi connectivity index (χ0n) is 22.5. The second kappa shape index (κ2) is 19.6. The molecule has 0 rings (SSSR count). The van der Waals surface area contributed by atoms with Crippen molar-refractivity contribution >= 4 is 0 Å². The van der Waals surface area contributed by atoms with Crippen molar-refractivity contribution in [2.45, 2.75) is 169 Å². The van der Waals surface area contributed by atoms with Crippen LogP contribution < -0.4 is 0 Å². The van der Waals surface area contributed by atoms with Crippen LogP contribution in [0.4, 0.5) is 0 Å². The number of unbranched alkanes of at least 4 members (excludes halogenated alkanes) is 14. The number of quaternary nitrogens is 1. The average Bonchev–Trinajstić information content (AvgIpc) is 2.71. The highest BCUT2D eigenvalue weighted by Crippen LogP contribution is 2.32. The summed E-state index contributed by atoms with van der Waals surface area (Å²) in [5, 5.41) is 0. The minimum absolute atomic E-state index is 0.443. The summed E-state index contributed by atoms with van der Waals surface area (Å²) in [5.41, 5.74) is 0.443. The molecule has 0 aromatic heterocycles. The lowest BCUT2D eigenvalue weighted by molar-refractivity contribution is -0.973. The Morgan fingerprint density at radius 2 is 0.700 bits per heavy atom. The fourth-order valence-corrected chi connectivity index (χ4v) is 5.69. The van der Waals surface area contributed by atoms with Crippen molar-refractivity contribution < 1.29 is 4.48 Å². The van der Waals surface area contributed by atoms with Crippen molar-refractivity contribution in [3.63, 3.8) is 0 Å². The first-order valence-electron chi connectivity index (χ1n) is 14.4. The molecule has 0 aromatic rings. The largest absolute Gasteiger partial charge is 0.319 e. The van der Waals surface area contributed by atoms with Gasteiger partial charge in [-0.3, -0.25) is 0 Å². The van der Waals surface area contributed by atoms with Crippen LogP contribution in [0.1, 0.15) is 164 Å². The Morgan fingerprint density at radius 1 is 0.400 bits per heavy atom. The van der Waals surface area contributed by atoms with Gasteiger partial charge in [0.15, 0.2) is 0 Å². The molecule has 1 nitrogen and oxygen atoms in total. The third-order valence-electron chi connectivity index (χ3n) is 7.63. The van der Waals surface area contributed by atoms with Gasteiger partial charge in [0.1, 0.15) is 0 Å². The van der Waals surface area contributed by atoms with Crippen LogP contribution in [-0.2, 0) is 0 Å². The zero-order valence-corrected chi connectivity index (χ0v) is 22.5. The first-order valence-corrected chi connectivity index (χ1v) is 14.4. The summed E-state index contributed by atoms with van der Waals surface area (Å²) in [6.07, 6.45) is 27.3. The van der Waals surface area contributed by atoms with E-state index in [1.54, 1.807) is 0 Å². The molecule has 0 radical (unpaired) electrons. The van der Waals surface area contributed by atoms with Gasteiger partial charge in [-0.05, 0) is 39.5 Å². The van der Waals surface area contributed by atoms with Gasteiger partial charge in [-0.25, -0.2) is 0 Å². The quantitative estimate of drug-likeness (QED) is 0.113. The van der Waals surface area contributed by atoms with Crippen LogP contribution in [0.15, 0.2) is 0 Å². The van der Waals surface area contributed by atoms with E-state index >= 15 is 0 Å². The summed E-state index contributed by atoms with van der Waals surface area (Å²) >= 11 is 0. The van der Waals surface area contributed by atoms with E-state index in [0.717, 1.165) is 0 Å². The predicted octanol–water partition coefficient (Wildman–Crippen LogP) is 10.1. The molecule has 0 bridgehead atoms. The highest BCUT2D eigenvalue weighted by atomic mass is 15.4. The fraction of sp³-hybridized carbons (Fsp3) is 1.00. The monoisotopic (exact) mass is 424 g/mol. The van der Waals surface area contributed by atoms with Gasteiger partial charge in [-0.1, -0.05) is 118 Å².